The second kappa shape index (κ2) is 7.98. The second-order valence-electron chi connectivity index (χ2n) is 8.15. The zero-order valence-electron chi connectivity index (χ0n) is 17.1. The SMILES string of the molecule is CC1(C)C/C(=C\C(=O)Nc2cccc3c2CNC(=O)N3I)c2ccc(C(F)(F)F)cc2O1. The number of nitrogens with one attached hydrogen (secondary N) is 2. The normalized spacial score (nSPS) is 18.4. The standard InChI is InChI=1S/C22H19F3IN3O3/c1-21(2)10-12(14-7-6-13(22(23,24)25)9-18(14)32-21)8-19(30)28-16-4-3-5-17-15(16)11-27-20(31)29(17)26/h3-9H,10-11H2,1-2H3,(H,27,31)(H,28,30)/b12-8+. The lowest BCUT2D eigenvalue weighted by atomic mass is 9.88. The third-order valence-electron chi connectivity index (χ3n) is 5.18. The van der Waals surface area contributed by atoms with Gasteiger partial charge < -0.3 is 15.4 Å². The highest BCUT2D eigenvalue weighted by molar-refractivity contribution is 14.1. The first kappa shape index (κ1) is 22.4. The number of alkyl halides is 3. The molecule has 0 saturated heterocycles. The number of halogens is 4. The molecule has 6 nitrogen and oxygen atoms in total. The van der Waals surface area contributed by atoms with Crippen LogP contribution >= 0.6 is 22.9 Å². The number of nitrogens with zero attached hydrogens (tertiary/aromatic N) is 1. The van der Waals surface area contributed by atoms with Crippen LogP contribution in [0.2, 0.25) is 0 Å². The zero-order chi connectivity index (χ0) is 23.3. The second-order valence-corrected chi connectivity index (χ2v) is 9.11. The van der Waals surface area contributed by atoms with E-state index in [2.05, 4.69) is 10.6 Å². The molecule has 0 bridgehead atoms. The summed E-state index contributed by atoms with van der Waals surface area (Å²) < 4.78 is 46.6. The van der Waals surface area contributed by atoms with Crippen LogP contribution in [0.25, 0.3) is 5.57 Å². The van der Waals surface area contributed by atoms with E-state index in [1.54, 1.807) is 32.0 Å². The van der Waals surface area contributed by atoms with Gasteiger partial charge in [0.15, 0.2) is 0 Å². The fourth-order valence-corrected chi connectivity index (χ4v) is 4.42. The van der Waals surface area contributed by atoms with E-state index in [1.807, 2.05) is 22.9 Å². The van der Waals surface area contributed by atoms with Crippen molar-refractivity contribution in [2.45, 2.75) is 38.6 Å². The number of fused-ring (bicyclic) bond motifs is 2. The van der Waals surface area contributed by atoms with Crippen LogP contribution in [0, 0.1) is 0 Å². The van der Waals surface area contributed by atoms with Crippen molar-refractivity contribution in [1.82, 2.24) is 5.32 Å². The molecule has 0 unspecified atom stereocenters. The van der Waals surface area contributed by atoms with Gasteiger partial charge in [-0.05, 0) is 43.7 Å². The molecule has 0 saturated carbocycles. The molecule has 0 atom stereocenters. The molecular weight excluding hydrogens is 538 g/mol. The highest BCUT2D eigenvalue weighted by Gasteiger charge is 2.35. The monoisotopic (exact) mass is 557 g/mol. The number of rotatable bonds is 2. The molecule has 4 rings (SSSR count). The van der Waals surface area contributed by atoms with Gasteiger partial charge in [0.1, 0.15) is 11.4 Å². The maximum Gasteiger partial charge on any atom is 0.416 e. The number of benzene rings is 2. The molecule has 32 heavy (non-hydrogen) atoms. The van der Waals surface area contributed by atoms with Gasteiger partial charge in [0, 0.05) is 35.9 Å². The summed E-state index contributed by atoms with van der Waals surface area (Å²) in [4.78, 5) is 24.7. The number of carbonyl (C=O) groups is 2. The predicted octanol–water partition coefficient (Wildman–Crippen LogP) is 5.67. The average Bonchev–Trinajstić information content (AvgIpc) is 2.69. The molecule has 0 radical (unpaired) electrons. The minimum atomic E-state index is -4.49. The first-order valence-corrected chi connectivity index (χ1v) is 10.7. The molecule has 2 aromatic carbocycles. The van der Waals surface area contributed by atoms with Gasteiger partial charge in [-0.25, -0.2) is 7.91 Å². The van der Waals surface area contributed by atoms with E-state index in [-0.39, 0.29) is 18.3 Å². The summed E-state index contributed by atoms with van der Waals surface area (Å²) in [7, 11) is 0. The van der Waals surface area contributed by atoms with Crippen LogP contribution in [0.1, 0.15) is 37.0 Å². The molecule has 3 amide bonds. The lowest BCUT2D eigenvalue weighted by Gasteiger charge is -2.34. The first-order chi connectivity index (χ1) is 14.9. The molecule has 2 aliphatic rings. The van der Waals surface area contributed by atoms with Crippen LogP contribution in [0.3, 0.4) is 0 Å². The van der Waals surface area contributed by atoms with E-state index in [9.17, 15) is 22.8 Å². The van der Waals surface area contributed by atoms with E-state index < -0.39 is 23.2 Å². The van der Waals surface area contributed by atoms with E-state index in [1.165, 1.54) is 15.3 Å². The highest BCUT2D eigenvalue weighted by atomic mass is 127. The smallest absolute Gasteiger partial charge is 0.416 e. The van der Waals surface area contributed by atoms with Crippen molar-refractivity contribution < 1.29 is 27.5 Å². The van der Waals surface area contributed by atoms with E-state index in [4.69, 9.17) is 4.74 Å². The van der Waals surface area contributed by atoms with Crippen LogP contribution in [0.15, 0.2) is 42.5 Å². The van der Waals surface area contributed by atoms with Crippen LogP contribution in [0.5, 0.6) is 5.75 Å². The molecule has 0 aliphatic carbocycles. The predicted molar refractivity (Wildman–Crippen MR) is 123 cm³/mol. The number of hydrogen-bond acceptors (Lipinski definition) is 3. The van der Waals surface area contributed by atoms with Gasteiger partial charge in [0.05, 0.1) is 34.1 Å². The molecule has 0 spiro atoms. The van der Waals surface area contributed by atoms with Crippen LogP contribution in [0.4, 0.5) is 29.3 Å². The molecule has 0 aromatic heterocycles. The van der Waals surface area contributed by atoms with Gasteiger partial charge in [0.25, 0.3) is 0 Å². The first-order valence-electron chi connectivity index (χ1n) is 9.72. The minimum Gasteiger partial charge on any atom is -0.487 e. The van der Waals surface area contributed by atoms with Crippen molar-refractivity contribution >= 4 is 51.8 Å². The van der Waals surface area contributed by atoms with Crippen molar-refractivity contribution in [2.24, 2.45) is 0 Å². The van der Waals surface area contributed by atoms with Crippen LogP contribution < -0.4 is 18.5 Å². The largest absolute Gasteiger partial charge is 0.487 e. The molecular formula is C22H19F3IN3O3. The van der Waals surface area contributed by atoms with E-state index >= 15 is 0 Å². The Morgan fingerprint density at radius 2 is 2.03 bits per heavy atom. The Balaban J connectivity index is 1.65. The maximum atomic E-state index is 13.1. The summed E-state index contributed by atoms with van der Waals surface area (Å²) in [6.45, 7) is 3.78. The van der Waals surface area contributed by atoms with Crippen molar-refractivity contribution in [1.29, 1.82) is 0 Å². The third-order valence-corrected chi connectivity index (χ3v) is 6.14. The molecule has 0 fully saturated rings. The Morgan fingerprint density at radius 3 is 2.75 bits per heavy atom. The average molecular weight is 557 g/mol. The summed E-state index contributed by atoms with van der Waals surface area (Å²) in [5.74, 6) is -0.329. The summed E-state index contributed by atoms with van der Waals surface area (Å²) >= 11 is 1.88. The van der Waals surface area contributed by atoms with Gasteiger partial charge in [-0.1, -0.05) is 12.1 Å². The Hall–Kier alpha value is -2.76. The fraction of sp³-hybridized carbons (Fsp3) is 0.273. The van der Waals surface area contributed by atoms with Gasteiger partial charge >= 0.3 is 12.2 Å². The lowest BCUT2D eigenvalue weighted by Crippen LogP contribution is -2.38. The number of hydrogen-bond donors (Lipinski definition) is 2. The van der Waals surface area contributed by atoms with Gasteiger partial charge in [-0.2, -0.15) is 13.2 Å². The quantitative estimate of drug-likeness (QED) is 0.284. The molecule has 2 N–H and O–H groups in total. The molecule has 2 aromatic rings. The van der Waals surface area contributed by atoms with Crippen LogP contribution in [-0.4, -0.2) is 17.5 Å². The zero-order valence-corrected chi connectivity index (χ0v) is 19.3. The minimum absolute atomic E-state index is 0.0930. The number of ether oxygens (including phenoxy) is 1. The molecule has 10 heteroatoms. The Bertz CT molecular complexity index is 1140. The summed E-state index contributed by atoms with van der Waals surface area (Å²) in [5.41, 5.74) is 1.43. The Labute approximate surface area is 196 Å². The summed E-state index contributed by atoms with van der Waals surface area (Å²) in [6.07, 6.45) is -2.75. The number of amides is 3. The number of carbonyl (C=O) groups excluding carboxylic acids is 2. The van der Waals surface area contributed by atoms with Crippen molar-refractivity contribution in [3.8, 4) is 5.75 Å². The van der Waals surface area contributed by atoms with Gasteiger partial charge in [0.2, 0.25) is 5.91 Å². The highest BCUT2D eigenvalue weighted by Crippen LogP contribution is 2.43. The van der Waals surface area contributed by atoms with Crippen molar-refractivity contribution in [2.75, 3.05) is 8.43 Å². The number of urea groups is 1. The van der Waals surface area contributed by atoms with Gasteiger partial charge in [-0.3, -0.25) is 4.79 Å². The van der Waals surface area contributed by atoms with E-state index in [0.717, 1.165) is 17.7 Å². The number of anilines is 2. The lowest BCUT2D eigenvalue weighted by molar-refractivity contribution is -0.137. The molecule has 168 valence electrons. The van der Waals surface area contributed by atoms with Crippen LogP contribution in [-0.2, 0) is 17.5 Å². The topological polar surface area (TPSA) is 70.7 Å². The Kier molecular flexibility index (Phi) is 5.60. The maximum absolute atomic E-state index is 13.1. The third kappa shape index (κ3) is 4.41. The molecule has 2 heterocycles. The van der Waals surface area contributed by atoms with Gasteiger partial charge in [-0.15, -0.1) is 0 Å². The van der Waals surface area contributed by atoms with E-state index in [0.29, 0.717) is 28.9 Å². The Morgan fingerprint density at radius 1 is 1.28 bits per heavy atom. The summed E-state index contributed by atoms with van der Waals surface area (Å²) in [5, 5.41) is 5.56. The summed E-state index contributed by atoms with van der Waals surface area (Å²) in [6, 6.07) is 8.28. The fourth-order valence-electron chi connectivity index (χ4n) is 3.80. The van der Waals surface area contributed by atoms with Crippen molar-refractivity contribution in [3.05, 3.63) is 59.2 Å². The van der Waals surface area contributed by atoms with Crippen molar-refractivity contribution in [3.63, 3.8) is 0 Å². The molecule has 2 aliphatic heterocycles.